The molecule has 1 aliphatic heterocycles. The second kappa shape index (κ2) is 17.5. The molecule has 270 valence electrons. The predicted octanol–water partition coefficient (Wildman–Crippen LogP) is 8.90. The van der Waals surface area contributed by atoms with Gasteiger partial charge in [0.05, 0.1) is 16.4 Å². The molecule has 1 aliphatic rings. The van der Waals surface area contributed by atoms with E-state index in [9.17, 15) is 9.59 Å². The fourth-order valence-corrected chi connectivity index (χ4v) is 8.75. The third kappa shape index (κ3) is 9.31. The van der Waals surface area contributed by atoms with Gasteiger partial charge in [0.1, 0.15) is 0 Å². The van der Waals surface area contributed by atoms with E-state index in [-0.39, 0.29) is 18.0 Å². The summed E-state index contributed by atoms with van der Waals surface area (Å²) >= 11 is 1.85. The lowest BCUT2D eigenvalue weighted by Crippen LogP contribution is -2.58. The molecule has 4 aromatic carbocycles. The van der Waals surface area contributed by atoms with Crippen LogP contribution in [0.15, 0.2) is 109 Å². The van der Waals surface area contributed by atoms with Crippen LogP contribution in [0.5, 0.6) is 0 Å². The summed E-state index contributed by atoms with van der Waals surface area (Å²) in [5.41, 5.74) is 5.95. The Morgan fingerprint density at radius 2 is 1.43 bits per heavy atom. The van der Waals surface area contributed by atoms with Crippen molar-refractivity contribution in [1.82, 2.24) is 14.9 Å². The molecule has 1 saturated heterocycles. The first-order valence-corrected chi connectivity index (χ1v) is 19.4. The van der Waals surface area contributed by atoms with Crippen LogP contribution in [0.1, 0.15) is 85.1 Å². The maximum atomic E-state index is 13.9. The van der Waals surface area contributed by atoms with E-state index in [2.05, 4.69) is 116 Å². The first-order valence-electron chi connectivity index (χ1n) is 18.4. The summed E-state index contributed by atoms with van der Waals surface area (Å²) in [6.07, 6.45) is 3.99. The van der Waals surface area contributed by atoms with Crippen molar-refractivity contribution in [2.75, 3.05) is 31.9 Å². The molecular formula is C44H55N3O3S. The molecule has 0 unspecified atom stereocenters. The highest BCUT2D eigenvalue weighted by atomic mass is 32.2. The second-order valence-corrected chi connectivity index (χ2v) is 15.9. The molecule has 2 amide bonds. The predicted molar refractivity (Wildman–Crippen MR) is 211 cm³/mol. The number of hydrogen-bond acceptors (Lipinski definition) is 5. The lowest BCUT2D eigenvalue weighted by atomic mass is 9.84. The summed E-state index contributed by atoms with van der Waals surface area (Å²) in [6, 6.07) is 37.9. The van der Waals surface area contributed by atoms with E-state index >= 15 is 0 Å². The van der Waals surface area contributed by atoms with Crippen molar-refractivity contribution in [2.45, 2.75) is 83.2 Å². The van der Waals surface area contributed by atoms with E-state index in [0.717, 1.165) is 48.9 Å². The fraction of sp³-hybridized carbons (Fsp3) is 0.409. The molecule has 1 fully saturated rings. The summed E-state index contributed by atoms with van der Waals surface area (Å²) in [4.78, 5) is 37.7. The highest BCUT2D eigenvalue weighted by Crippen LogP contribution is 2.49. The summed E-state index contributed by atoms with van der Waals surface area (Å²) in [5.74, 6) is 0.726. The van der Waals surface area contributed by atoms with Crippen molar-refractivity contribution in [2.24, 2.45) is 0 Å². The number of amides is 2. The van der Waals surface area contributed by atoms with Crippen LogP contribution in [0, 0.1) is 13.8 Å². The second-order valence-electron chi connectivity index (χ2n) is 14.7. The Hall–Kier alpha value is -3.91. The van der Waals surface area contributed by atoms with Crippen LogP contribution >= 0.6 is 11.8 Å². The molecule has 0 aromatic heterocycles. The Labute approximate surface area is 310 Å². The molecule has 0 bridgehead atoms. The zero-order valence-electron chi connectivity index (χ0n) is 31.3. The molecule has 0 aliphatic carbocycles. The van der Waals surface area contributed by atoms with Crippen molar-refractivity contribution >= 4 is 24.1 Å². The van der Waals surface area contributed by atoms with Crippen LogP contribution in [0.2, 0.25) is 0 Å². The molecule has 0 spiro atoms. The summed E-state index contributed by atoms with van der Waals surface area (Å²) in [7, 11) is 0. The van der Waals surface area contributed by atoms with E-state index in [1.165, 1.54) is 16.7 Å². The van der Waals surface area contributed by atoms with Gasteiger partial charge in [-0.25, -0.2) is 5.06 Å². The number of benzene rings is 4. The Balaban J connectivity index is 1.49. The van der Waals surface area contributed by atoms with Gasteiger partial charge < -0.3 is 4.90 Å². The molecule has 0 radical (unpaired) electrons. The first kappa shape index (κ1) is 38.3. The summed E-state index contributed by atoms with van der Waals surface area (Å²) < 4.78 is -0.531. The third-order valence-electron chi connectivity index (χ3n) is 9.94. The average molecular weight is 706 g/mol. The van der Waals surface area contributed by atoms with E-state index in [1.807, 2.05) is 56.5 Å². The number of piperazine rings is 1. The van der Waals surface area contributed by atoms with Crippen LogP contribution in [-0.2, 0) is 14.4 Å². The SMILES string of the molecule is CCCC[C@H]1CN(C(=O)c2cccc(C)c2C)CCN1C[C@@H](CSC(c1ccccc1)(c1ccccc1)c1ccccc1)N(C=O)OC(C)(C)C. The van der Waals surface area contributed by atoms with Crippen LogP contribution in [-0.4, -0.2) is 76.8 Å². The van der Waals surface area contributed by atoms with Gasteiger partial charge in [-0.2, -0.15) is 0 Å². The first-order chi connectivity index (χ1) is 24.6. The van der Waals surface area contributed by atoms with Crippen LogP contribution < -0.4 is 0 Å². The lowest BCUT2D eigenvalue weighted by Gasteiger charge is -2.45. The van der Waals surface area contributed by atoms with E-state index in [4.69, 9.17) is 4.84 Å². The topological polar surface area (TPSA) is 53.1 Å². The number of hydroxylamine groups is 2. The standard InChI is InChI=1S/C44H55N3O3S/c1-7-8-26-39-30-46(42(49)41-27-18-19-34(2)35(41)3)29-28-45(39)31-40(47(33-48)50-43(4,5)6)32-51-44(36-20-12-9-13-21-36,37-22-14-10-15-23-37)38-24-16-11-17-25-38/h9-25,27,33,39-40H,7-8,26,28-32H2,1-6H3/t39-,40-/m0/s1. The van der Waals surface area contributed by atoms with Gasteiger partial charge >= 0.3 is 0 Å². The van der Waals surface area contributed by atoms with Crippen molar-refractivity contribution in [3.63, 3.8) is 0 Å². The molecule has 1 heterocycles. The van der Waals surface area contributed by atoms with E-state index in [0.29, 0.717) is 25.4 Å². The zero-order valence-corrected chi connectivity index (χ0v) is 32.1. The molecule has 7 heteroatoms. The molecule has 51 heavy (non-hydrogen) atoms. The number of carbonyl (C=O) groups excluding carboxylic acids is 2. The smallest absolute Gasteiger partial charge is 0.254 e. The van der Waals surface area contributed by atoms with E-state index in [1.54, 1.807) is 5.06 Å². The minimum Gasteiger partial charge on any atom is -0.336 e. The van der Waals surface area contributed by atoms with E-state index < -0.39 is 10.3 Å². The Kier molecular flexibility index (Phi) is 13.2. The number of thioether (sulfide) groups is 1. The van der Waals surface area contributed by atoms with Crippen molar-refractivity contribution in [3.8, 4) is 0 Å². The summed E-state index contributed by atoms with van der Waals surface area (Å²) in [5, 5.41) is 1.56. The average Bonchev–Trinajstić information content (AvgIpc) is 3.15. The van der Waals surface area contributed by atoms with Crippen molar-refractivity contribution in [1.29, 1.82) is 0 Å². The van der Waals surface area contributed by atoms with Gasteiger partial charge in [-0.15, -0.1) is 11.8 Å². The van der Waals surface area contributed by atoms with Gasteiger partial charge in [-0.3, -0.25) is 19.3 Å². The zero-order chi connectivity index (χ0) is 36.4. The normalized spacial score (nSPS) is 16.1. The Bertz CT molecular complexity index is 1600. The molecule has 5 rings (SSSR count). The highest BCUT2D eigenvalue weighted by Gasteiger charge is 2.40. The third-order valence-corrected chi connectivity index (χ3v) is 11.6. The minimum atomic E-state index is -0.558. The Morgan fingerprint density at radius 1 is 0.863 bits per heavy atom. The molecule has 4 aromatic rings. The molecule has 0 saturated carbocycles. The fourth-order valence-electron chi connectivity index (χ4n) is 7.15. The summed E-state index contributed by atoms with van der Waals surface area (Å²) in [6.45, 7) is 14.9. The van der Waals surface area contributed by atoms with Gasteiger partial charge in [-0.1, -0.05) is 123 Å². The Morgan fingerprint density at radius 3 is 1.94 bits per heavy atom. The largest absolute Gasteiger partial charge is 0.336 e. The molecular weight excluding hydrogens is 651 g/mol. The van der Waals surface area contributed by atoms with Gasteiger partial charge in [0.15, 0.2) is 0 Å². The number of hydrogen-bond donors (Lipinski definition) is 0. The number of rotatable bonds is 15. The minimum absolute atomic E-state index is 0.105. The lowest BCUT2D eigenvalue weighted by molar-refractivity contribution is -0.231. The van der Waals surface area contributed by atoms with Gasteiger partial charge in [0.2, 0.25) is 6.41 Å². The van der Waals surface area contributed by atoms with Gasteiger partial charge in [0.25, 0.3) is 5.91 Å². The number of aryl methyl sites for hydroxylation is 1. The maximum Gasteiger partial charge on any atom is 0.254 e. The van der Waals surface area contributed by atoms with Crippen LogP contribution in [0.4, 0.5) is 0 Å². The quantitative estimate of drug-likeness (QED) is 0.0703. The van der Waals surface area contributed by atoms with Gasteiger partial charge in [-0.05, 0) is 74.9 Å². The van der Waals surface area contributed by atoms with Crippen molar-refractivity contribution < 1.29 is 14.4 Å². The number of carbonyl (C=O) groups is 2. The highest BCUT2D eigenvalue weighted by molar-refractivity contribution is 8.00. The number of unbranched alkanes of at least 4 members (excludes halogenated alkanes) is 1. The number of nitrogens with zero attached hydrogens (tertiary/aromatic N) is 3. The van der Waals surface area contributed by atoms with Gasteiger partial charge in [0, 0.05) is 43.5 Å². The molecule has 6 nitrogen and oxygen atoms in total. The molecule has 2 atom stereocenters. The molecule has 0 N–H and O–H groups in total. The maximum absolute atomic E-state index is 13.9. The van der Waals surface area contributed by atoms with Crippen LogP contribution in [0.3, 0.4) is 0 Å². The monoisotopic (exact) mass is 705 g/mol. The van der Waals surface area contributed by atoms with Crippen molar-refractivity contribution in [3.05, 3.63) is 143 Å². The van der Waals surface area contributed by atoms with Crippen LogP contribution in [0.25, 0.3) is 0 Å².